The number of nitro benzene ring substituents is 1. The van der Waals surface area contributed by atoms with E-state index in [2.05, 4.69) is 11.4 Å². The lowest BCUT2D eigenvalue weighted by Crippen LogP contribution is -2.39. The monoisotopic (exact) mass is 317 g/mol. The van der Waals surface area contributed by atoms with Crippen LogP contribution in [-0.2, 0) is 0 Å². The average Bonchev–Trinajstić information content (AvgIpc) is 2.41. The molecule has 0 fully saturated rings. The molecule has 0 saturated carbocycles. The van der Waals surface area contributed by atoms with Gasteiger partial charge in [0.25, 0.3) is 5.69 Å². The number of nitro groups is 1. The molecule has 108 valence electrons. The van der Waals surface area contributed by atoms with Crippen molar-refractivity contribution in [3.63, 3.8) is 0 Å². The number of rotatable bonds is 6. The second kappa shape index (κ2) is 6.75. The fourth-order valence-electron chi connectivity index (χ4n) is 1.38. The van der Waals surface area contributed by atoms with E-state index in [0.717, 1.165) is 0 Å². The van der Waals surface area contributed by atoms with Crippen LogP contribution in [0.25, 0.3) is 0 Å². The molecule has 8 heteroatoms. The van der Waals surface area contributed by atoms with Crippen molar-refractivity contribution in [1.82, 2.24) is 5.32 Å². The highest BCUT2D eigenvalue weighted by molar-refractivity contribution is 6.37. The first-order chi connectivity index (χ1) is 9.33. The summed E-state index contributed by atoms with van der Waals surface area (Å²) in [6.45, 7) is 1.93. The Morgan fingerprint density at radius 2 is 2.05 bits per heavy atom. The number of non-ortho nitro benzene ring substituents is 1. The lowest BCUT2D eigenvalue weighted by Gasteiger charge is -2.20. The zero-order valence-electron chi connectivity index (χ0n) is 10.9. The van der Waals surface area contributed by atoms with Crippen LogP contribution in [0.15, 0.2) is 12.1 Å². The van der Waals surface area contributed by atoms with Crippen LogP contribution in [0.3, 0.4) is 0 Å². The minimum absolute atomic E-state index is 0.0623. The third-order valence-electron chi connectivity index (χ3n) is 2.84. The van der Waals surface area contributed by atoms with E-state index >= 15 is 0 Å². The largest absolute Gasteiger partial charge is 0.490 e. The van der Waals surface area contributed by atoms with Crippen LogP contribution in [0.2, 0.25) is 10.0 Å². The van der Waals surface area contributed by atoms with E-state index in [4.69, 9.17) is 33.2 Å². The van der Waals surface area contributed by atoms with Gasteiger partial charge in [-0.1, -0.05) is 23.2 Å². The number of ether oxygens (including phenoxy) is 1. The standard InChI is InChI=1S/C12H13Cl2N3O3/c1-12(7-15,16-2)3-4-20-11-9(13)5-8(17(18)19)6-10(11)14/h5-6,16H,3-4H2,1-2H3. The van der Waals surface area contributed by atoms with Gasteiger partial charge in [-0.2, -0.15) is 5.26 Å². The Bertz CT molecular complexity index is 536. The highest BCUT2D eigenvalue weighted by Gasteiger charge is 2.22. The molecule has 1 atom stereocenters. The van der Waals surface area contributed by atoms with Crippen LogP contribution in [-0.4, -0.2) is 24.1 Å². The molecule has 0 aromatic heterocycles. The lowest BCUT2D eigenvalue weighted by molar-refractivity contribution is -0.384. The van der Waals surface area contributed by atoms with Gasteiger partial charge in [-0.25, -0.2) is 0 Å². The van der Waals surface area contributed by atoms with Gasteiger partial charge in [0.05, 0.1) is 27.6 Å². The van der Waals surface area contributed by atoms with E-state index in [9.17, 15) is 10.1 Å². The molecule has 1 rings (SSSR count). The molecule has 0 saturated heterocycles. The van der Waals surface area contributed by atoms with Crippen molar-refractivity contribution in [2.75, 3.05) is 13.7 Å². The summed E-state index contributed by atoms with van der Waals surface area (Å²) in [7, 11) is 1.68. The average molecular weight is 318 g/mol. The number of nitrogens with zero attached hydrogens (tertiary/aromatic N) is 2. The van der Waals surface area contributed by atoms with E-state index in [1.807, 2.05) is 0 Å². The summed E-state index contributed by atoms with van der Waals surface area (Å²) < 4.78 is 5.42. The molecule has 6 nitrogen and oxygen atoms in total. The Kier molecular flexibility index (Phi) is 5.57. The van der Waals surface area contributed by atoms with E-state index in [-0.39, 0.29) is 28.1 Å². The van der Waals surface area contributed by atoms with Crippen molar-refractivity contribution >= 4 is 28.9 Å². The first-order valence-corrected chi connectivity index (χ1v) is 6.45. The minimum Gasteiger partial charge on any atom is -0.490 e. The summed E-state index contributed by atoms with van der Waals surface area (Å²) in [5.74, 6) is 0.176. The summed E-state index contributed by atoms with van der Waals surface area (Å²) in [4.78, 5) is 10.1. The van der Waals surface area contributed by atoms with Crippen molar-refractivity contribution < 1.29 is 9.66 Å². The fraction of sp³-hybridized carbons (Fsp3) is 0.417. The molecule has 1 aromatic rings. The minimum atomic E-state index is -0.722. The quantitative estimate of drug-likeness (QED) is 0.643. The molecule has 0 amide bonds. The Morgan fingerprint density at radius 3 is 2.45 bits per heavy atom. The molecular formula is C12H13Cl2N3O3. The van der Waals surface area contributed by atoms with Crippen LogP contribution < -0.4 is 10.1 Å². The molecule has 0 aliphatic rings. The summed E-state index contributed by atoms with van der Waals surface area (Å²) in [5.41, 5.74) is -0.927. The van der Waals surface area contributed by atoms with E-state index < -0.39 is 10.5 Å². The number of hydrogen-bond acceptors (Lipinski definition) is 5. The van der Waals surface area contributed by atoms with Crippen LogP contribution in [0.5, 0.6) is 5.75 Å². The van der Waals surface area contributed by atoms with Gasteiger partial charge < -0.3 is 10.1 Å². The molecule has 0 aliphatic carbocycles. The Labute approximate surface area is 126 Å². The number of halogens is 2. The van der Waals surface area contributed by atoms with Gasteiger partial charge in [0.2, 0.25) is 0 Å². The van der Waals surface area contributed by atoms with Gasteiger partial charge in [-0.3, -0.25) is 10.1 Å². The maximum Gasteiger partial charge on any atom is 0.272 e. The van der Waals surface area contributed by atoms with Gasteiger partial charge in [-0.15, -0.1) is 0 Å². The zero-order valence-corrected chi connectivity index (χ0v) is 12.5. The summed E-state index contributed by atoms with van der Waals surface area (Å²) in [6.07, 6.45) is 0.406. The van der Waals surface area contributed by atoms with E-state index in [1.54, 1.807) is 14.0 Å². The number of benzene rings is 1. The topological polar surface area (TPSA) is 88.2 Å². The molecule has 0 radical (unpaired) electrons. The number of nitrogens with one attached hydrogen (secondary N) is 1. The van der Waals surface area contributed by atoms with Crippen molar-refractivity contribution in [2.24, 2.45) is 0 Å². The Balaban J connectivity index is 2.80. The highest BCUT2D eigenvalue weighted by Crippen LogP contribution is 2.36. The summed E-state index contributed by atoms with van der Waals surface area (Å²) in [5, 5.41) is 22.6. The normalized spacial score (nSPS) is 13.3. The fourth-order valence-corrected chi connectivity index (χ4v) is 1.97. The van der Waals surface area contributed by atoms with Crippen molar-refractivity contribution in [3.8, 4) is 11.8 Å². The second-order valence-corrected chi connectivity index (χ2v) is 5.10. The maximum atomic E-state index is 10.6. The predicted molar refractivity (Wildman–Crippen MR) is 76.3 cm³/mol. The maximum absolute atomic E-state index is 10.6. The summed E-state index contributed by atoms with van der Waals surface area (Å²) >= 11 is 11.8. The van der Waals surface area contributed by atoms with Crippen LogP contribution in [0.4, 0.5) is 5.69 Å². The molecule has 20 heavy (non-hydrogen) atoms. The third kappa shape index (κ3) is 3.97. The SMILES string of the molecule is CNC(C)(C#N)CCOc1c(Cl)cc([N+](=O)[O-])cc1Cl. The van der Waals surface area contributed by atoms with E-state index in [0.29, 0.717) is 6.42 Å². The molecule has 1 N–H and O–H groups in total. The third-order valence-corrected chi connectivity index (χ3v) is 3.40. The highest BCUT2D eigenvalue weighted by atomic mass is 35.5. The molecule has 0 spiro atoms. The lowest BCUT2D eigenvalue weighted by atomic mass is 10.0. The van der Waals surface area contributed by atoms with Gasteiger partial charge in [0.1, 0.15) is 5.54 Å². The zero-order chi connectivity index (χ0) is 15.3. The predicted octanol–water partition coefficient (Wildman–Crippen LogP) is 3.17. The first kappa shape index (κ1) is 16.5. The smallest absolute Gasteiger partial charge is 0.272 e. The molecule has 0 aliphatic heterocycles. The van der Waals surface area contributed by atoms with Crippen LogP contribution in [0.1, 0.15) is 13.3 Å². The van der Waals surface area contributed by atoms with Crippen molar-refractivity contribution in [1.29, 1.82) is 5.26 Å². The number of nitriles is 1. The molecule has 1 aromatic carbocycles. The number of hydrogen-bond donors (Lipinski definition) is 1. The van der Waals surface area contributed by atoms with Crippen molar-refractivity contribution in [3.05, 3.63) is 32.3 Å². The molecule has 0 bridgehead atoms. The van der Waals surface area contributed by atoms with Gasteiger partial charge in [0.15, 0.2) is 5.75 Å². The van der Waals surface area contributed by atoms with Crippen LogP contribution >= 0.6 is 23.2 Å². The molecular weight excluding hydrogens is 305 g/mol. The summed E-state index contributed by atoms with van der Waals surface area (Å²) in [6, 6.07) is 4.46. The Hall–Kier alpha value is -1.55. The van der Waals surface area contributed by atoms with Crippen LogP contribution in [0, 0.1) is 21.4 Å². The molecule has 1 unspecified atom stereocenters. The van der Waals surface area contributed by atoms with E-state index in [1.165, 1.54) is 12.1 Å². The second-order valence-electron chi connectivity index (χ2n) is 4.29. The van der Waals surface area contributed by atoms with Gasteiger partial charge >= 0.3 is 0 Å². The van der Waals surface area contributed by atoms with Gasteiger partial charge in [-0.05, 0) is 14.0 Å². The van der Waals surface area contributed by atoms with Crippen molar-refractivity contribution in [2.45, 2.75) is 18.9 Å². The van der Waals surface area contributed by atoms with Gasteiger partial charge in [0, 0.05) is 18.6 Å². The first-order valence-electron chi connectivity index (χ1n) is 5.69. The Morgan fingerprint density at radius 1 is 1.50 bits per heavy atom. The molecule has 0 heterocycles.